The van der Waals surface area contributed by atoms with Crippen molar-refractivity contribution >= 4 is 18.3 Å². The van der Waals surface area contributed by atoms with E-state index in [4.69, 9.17) is 4.74 Å². The molecule has 1 atom stereocenters. The maximum absolute atomic E-state index is 12.2. The minimum Gasteiger partial charge on any atom is -0.494 e. The molecule has 1 fully saturated rings. The van der Waals surface area contributed by atoms with Crippen molar-refractivity contribution in [2.45, 2.75) is 32.7 Å². The lowest BCUT2D eigenvalue weighted by Gasteiger charge is -2.24. The van der Waals surface area contributed by atoms with E-state index in [1.165, 1.54) is 0 Å². The van der Waals surface area contributed by atoms with Crippen LogP contribution in [0.25, 0.3) is 0 Å². The van der Waals surface area contributed by atoms with E-state index in [0.29, 0.717) is 12.2 Å². The predicted molar refractivity (Wildman–Crippen MR) is 83.0 cm³/mol. The van der Waals surface area contributed by atoms with Crippen molar-refractivity contribution in [1.29, 1.82) is 0 Å². The lowest BCUT2D eigenvalue weighted by Crippen LogP contribution is -2.45. The molecule has 0 bridgehead atoms. The summed E-state index contributed by atoms with van der Waals surface area (Å²) in [5, 5.41) is 6.36. The summed E-state index contributed by atoms with van der Waals surface area (Å²) in [4.78, 5) is 12.2. The van der Waals surface area contributed by atoms with Gasteiger partial charge < -0.3 is 15.4 Å². The van der Waals surface area contributed by atoms with Gasteiger partial charge >= 0.3 is 0 Å². The van der Waals surface area contributed by atoms with Crippen molar-refractivity contribution in [3.05, 3.63) is 29.3 Å². The number of hydrogen-bond donors (Lipinski definition) is 2. The largest absolute Gasteiger partial charge is 0.494 e. The maximum atomic E-state index is 12.2. The molecular weight excluding hydrogens is 276 g/mol. The SMILES string of the molecule is CCOc1cc(C(=O)N[C@H]2CCCNC2)ccc1C.Cl. The van der Waals surface area contributed by atoms with Gasteiger partial charge in [-0.3, -0.25) is 4.79 Å². The summed E-state index contributed by atoms with van der Waals surface area (Å²) in [6.45, 7) is 6.44. The summed E-state index contributed by atoms with van der Waals surface area (Å²) in [7, 11) is 0. The van der Waals surface area contributed by atoms with Gasteiger partial charge in [-0.15, -0.1) is 12.4 Å². The molecule has 1 saturated heterocycles. The smallest absolute Gasteiger partial charge is 0.251 e. The van der Waals surface area contributed by atoms with E-state index in [2.05, 4.69) is 10.6 Å². The van der Waals surface area contributed by atoms with Gasteiger partial charge in [0.2, 0.25) is 0 Å². The Morgan fingerprint density at radius 2 is 2.30 bits per heavy atom. The van der Waals surface area contributed by atoms with Gasteiger partial charge in [0.05, 0.1) is 6.61 Å². The van der Waals surface area contributed by atoms with Gasteiger partial charge in [0.15, 0.2) is 0 Å². The number of benzene rings is 1. The van der Waals surface area contributed by atoms with Crippen LogP contribution >= 0.6 is 12.4 Å². The predicted octanol–water partition coefficient (Wildman–Crippen LogP) is 2.30. The molecule has 1 aromatic rings. The van der Waals surface area contributed by atoms with Crippen LogP contribution in [0.3, 0.4) is 0 Å². The first kappa shape index (κ1) is 16.8. The molecule has 0 saturated carbocycles. The molecular formula is C15H23ClN2O2. The zero-order chi connectivity index (χ0) is 13.7. The molecule has 1 amide bonds. The van der Waals surface area contributed by atoms with Crippen LogP contribution in [0.1, 0.15) is 35.7 Å². The topological polar surface area (TPSA) is 50.4 Å². The molecule has 2 N–H and O–H groups in total. The van der Waals surface area contributed by atoms with E-state index < -0.39 is 0 Å². The molecule has 1 aromatic carbocycles. The number of carbonyl (C=O) groups is 1. The monoisotopic (exact) mass is 298 g/mol. The normalized spacial score (nSPS) is 18.0. The first-order valence-corrected chi connectivity index (χ1v) is 6.95. The minimum absolute atomic E-state index is 0. The number of piperidine rings is 1. The van der Waals surface area contributed by atoms with Gasteiger partial charge in [0.1, 0.15) is 5.75 Å². The molecule has 0 unspecified atom stereocenters. The Kier molecular flexibility index (Phi) is 6.82. The average Bonchev–Trinajstić information content (AvgIpc) is 2.42. The van der Waals surface area contributed by atoms with Crippen molar-refractivity contribution in [3.8, 4) is 5.75 Å². The third kappa shape index (κ3) is 4.39. The van der Waals surface area contributed by atoms with Crippen molar-refractivity contribution in [2.24, 2.45) is 0 Å². The molecule has 0 aromatic heterocycles. The minimum atomic E-state index is -0.0188. The Morgan fingerprint density at radius 1 is 1.50 bits per heavy atom. The second-order valence-electron chi connectivity index (χ2n) is 4.93. The van der Waals surface area contributed by atoms with Crippen LogP contribution in [0.15, 0.2) is 18.2 Å². The van der Waals surface area contributed by atoms with E-state index in [0.717, 1.165) is 37.2 Å². The molecule has 0 aliphatic carbocycles. The van der Waals surface area contributed by atoms with E-state index in [1.54, 1.807) is 0 Å². The second kappa shape index (κ2) is 8.12. The van der Waals surface area contributed by atoms with Crippen molar-refractivity contribution in [2.75, 3.05) is 19.7 Å². The number of amides is 1. The van der Waals surface area contributed by atoms with E-state index in [9.17, 15) is 4.79 Å². The standard InChI is InChI=1S/C15H22N2O2.ClH/c1-3-19-14-9-12(7-6-11(14)2)15(18)17-13-5-4-8-16-10-13;/h6-7,9,13,16H,3-5,8,10H2,1-2H3,(H,17,18);1H/t13-;/m0./s1. The maximum Gasteiger partial charge on any atom is 0.251 e. The summed E-state index contributed by atoms with van der Waals surface area (Å²) in [6.07, 6.45) is 2.16. The van der Waals surface area contributed by atoms with E-state index >= 15 is 0 Å². The summed E-state index contributed by atoms with van der Waals surface area (Å²) < 4.78 is 5.53. The molecule has 0 spiro atoms. The summed E-state index contributed by atoms with van der Waals surface area (Å²) >= 11 is 0. The number of aryl methyl sites for hydroxylation is 1. The van der Waals surface area contributed by atoms with Gasteiger partial charge in [-0.1, -0.05) is 6.07 Å². The average molecular weight is 299 g/mol. The Morgan fingerprint density at radius 3 is 2.95 bits per heavy atom. The lowest BCUT2D eigenvalue weighted by atomic mass is 10.1. The molecule has 20 heavy (non-hydrogen) atoms. The van der Waals surface area contributed by atoms with Crippen LogP contribution in [0.5, 0.6) is 5.75 Å². The number of carbonyl (C=O) groups excluding carboxylic acids is 1. The van der Waals surface area contributed by atoms with Gasteiger partial charge in [0.25, 0.3) is 5.91 Å². The number of halogens is 1. The fourth-order valence-electron chi connectivity index (χ4n) is 2.30. The molecule has 2 rings (SSSR count). The van der Waals surface area contributed by atoms with Gasteiger partial charge in [-0.05, 0) is 50.9 Å². The van der Waals surface area contributed by atoms with Crippen LogP contribution in [0.2, 0.25) is 0 Å². The van der Waals surface area contributed by atoms with Crippen molar-refractivity contribution in [1.82, 2.24) is 10.6 Å². The molecule has 1 heterocycles. The molecule has 0 radical (unpaired) electrons. The zero-order valence-corrected chi connectivity index (χ0v) is 12.9. The van der Waals surface area contributed by atoms with Crippen molar-refractivity contribution in [3.63, 3.8) is 0 Å². The van der Waals surface area contributed by atoms with E-state index in [-0.39, 0.29) is 24.4 Å². The van der Waals surface area contributed by atoms with Crippen molar-refractivity contribution < 1.29 is 9.53 Å². The van der Waals surface area contributed by atoms with Gasteiger partial charge in [-0.25, -0.2) is 0 Å². The van der Waals surface area contributed by atoms with Crippen LogP contribution in [-0.2, 0) is 0 Å². The lowest BCUT2D eigenvalue weighted by molar-refractivity contribution is 0.0930. The summed E-state index contributed by atoms with van der Waals surface area (Å²) in [5.41, 5.74) is 1.72. The third-order valence-corrected chi connectivity index (χ3v) is 3.38. The Bertz CT molecular complexity index is 445. The third-order valence-electron chi connectivity index (χ3n) is 3.38. The molecule has 4 nitrogen and oxygen atoms in total. The Balaban J connectivity index is 0.00000200. The first-order chi connectivity index (χ1) is 9.20. The number of ether oxygens (including phenoxy) is 1. The van der Waals surface area contributed by atoms with Crippen LogP contribution in [0.4, 0.5) is 0 Å². The molecule has 1 aliphatic rings. The number of hydrogen-bond acceptors (Lipinski definition) is 3. The highest BCUT2D eigenvalue weighted by Crippen LogP contribution is 2.19. The Labute approximate surface area is 126 Å². The Hall–Kier alpha value is -1.26. The molecule has 5 heteroatoms. The van der Waals surface area contributed by atoms with Gasteiger partial charge in [0, 0.05) is 18.2 Å². The number of nitrogens with one attached hydrogen (secondary N) is 2. The molecule has 112 valence electrons. The van der Waals surface area contributed by atoms with Crippen LogP contribution in [-0.4, -0.2) is 31.6 Å². The number of rotatable bonds is 4. The highest BCUT2D eigenvalue weighted by molar-refractivity contribution is 5.94. The summed E-state index contributed by atoms with van der Waals surface area (Å²) in [6, 6.07) is 5.84. The molecule has 1 aliphatic heterocycles. The zero-order valence-electron chi connectivity index (χ0n) is 12.1. The van der Waals surface area contributed by atoms with Crippen LogP contribution < -0.4 is 15.4 Å². The van der Waals surface area contributed by atoms with E-state index in [1.807, 2.05) is 32.0 Å². The summed E-state index contributed by atoms with van der Waals surface area (Å²) in [5.74, 6) is 0.770. The second-order valence-corrected chi connectivity index (χ2v) is 4.93. The highest BCUT2D eigenvalue weighted by atomic mass is 35.5. The fourth-order valence-corrected chi connectivity index (χ4v) is 2.30. The highest BCUT2D eigenvalue weighted by Gasteiger charge is 2.16. The first-order valence-electron chi connectivity index (χ1n) is 6.95. The fraction of sp³-hybridized carbons (Fsp3) is 0.533. The van der Waals surface area contributed by atoms with Crippen LogP contribution in [0, 0.1) is 6.92 Å². The quantitative estimate of drug-likeness (QED) is 0.897. The van der Waals surface area contributed by atoms with Gasteiger partial charge in [-0.2, -0.15) is 0 Å².